The van der Waals surface area contributed by atoms with Gasteiger partial charge in [0.1, 0.15) is 0 Å². The van der Waals surface area contributed by atoms with Crippen LogP contribution in [-0.4, -0.2) is 35.6 Å². The molecule has 0 radical (unpaired) electrons. The molecule has 0 aliphatic heterocycles. The Bertz CT molecular complexity index is 839. The molecule has 0 bridgehead atoms. The van der Waals surface area contributed by atoms with E-state index in [-0.39, 0.29) is 5.69 Å². The third-order valence-corrected chi connectivity index (χ3v) is 3.42. The van der Waals surface area contributed by atoms with E-state index in [0.29, 0.717) is 28.9 Å². The largest absolute Gasteiger partial charge is 0.477 e. The first-order valence-corrected chi connectivity index (χ1v) is 6.65. The van der Waals surface area contributed by atoms with Gasteiger partial charge in [0.05, 0.1) is 11.4 Å². The van der Waals surface area contributed by atoms with E-state index in [9.17, 15) is 9.90 Å². The molecule has 1 fully saturated rings. The standard InChI is InChI=1S/C14H11N5O2/c20-13(21)11-7-10(9-3-1-2-6-15-9)16-14-17-12(8-4-5-8)18-19(11)14/h1-3,6-8H,4-5H2,(H,20,21). The topological polar surface area (TPSA) is 93.3 Å². The minimum Gasteiger partial charge on any atom is -0.477 e. The van der Waals surface area contributed by atoms with Gasteiger partial charge in [0.25, 0.3) is 5.78 Å². The van der Waals surface area contributed by atoms with Crippen LogP contribution < -0.4 is 0 Å². The van der Waals surface area contributed by atoms with Gasteiger partial charge in [-0.1, -0.05) is 6.07 Å². The summed E-state index contributed by atoms with van der Waals surface area (Å²) in [6.07, 6.45) is 3.74. The Kier molecular flexibility index (Phi) is 2.47. The fourth-order valence-electron chi connectivity index (χ4n) is 2.20. The van der Waals surface area contributed by atoms with E-state index in [0.717, 1.165) is 12.8 Å². The zero-order valence-electron chi connectivity index (χ0n) is 11.0. The molecule has 3 aromatic heterocycles. The van der Waals surface area contributed by atoms with Gasteiger partial charge in [0.15, 0.2) is 11.5 Å². The summed E-state index contributed by atoms with van der Waals surface area (Å²) >= 11 is 0. The van der Waals surface area contributed by atoms with Crippen molar-refractivity contribution in [2.75, 3.05) is 0 Å². The molecule has 3 aromatic rings. The normalized spacial score (nSPS) is 14.5. The molecule has 1 aliphatic carbocycles. The summed E-state index contributed by atoms with van der Waals surface area (Å²) in [4.78, 5) is 24.4. The summed E-state index contributed by atoms with van der Waals surface area (Å²) in [5.41, 5.74) is 1.13. The molecule has 1 aliphatic rings. The Morgan fingerprint density at radius 3 is 2.76 bits per heavy atom. The molecular formula is C14H11N5O2. The van der Waals surface area contributed by atoms with Gasteiger partial charge < -0.3 is 5.11 Å². The van der Waals surface area contributed by atoms with E-state index in [4.69, 9.17) is 0 Å². The number of hydrogen-bond acceptors (Lipinski definition) is 5. The average molecular weight is 281 g/mol. The lowest BCUT2D eigenvalue weighted by molar-refractivity contribution is 0.0687. The van der Waals surface area contributed by atoms with Crippen LogP contribution in [0.3, 0.4) is 0 Å². The monoisotopic (exact) mass is 281 g/mol. The third-order valence-electron chi connectivity index (χ3n) is 3.42. The second-order valence-electron chi connectivity index (χ2n) is 5.00. The molecule has 21 heavy (non-hydrogen) atoms. The number of carboxylic acids is 1. The van der Waals surface area contributed by atoms with Gasteiger partial charge >= 0.3 is 5.97 Å². The minimum atomic E-state index is -1.06. The number of aromatic nitrogens is 5. The van der Waals surface area contributed by atoms with E-state index < -0.39 is 5.97 Å². The van der Waals surface area contributed by atoms with Crippen LogP contribution in [0.15, 0.2) is 30.5 Å². The molecule has 0 atom stereocenters. The number of hydrogen-bond donors (Lipinski definition) is 1. The molecule has 7 heteroatoms. The molecule has 104 valence electrons. The van der Waals surface area contributed by atoms with Crippen molar-refractivity contribution in [1.82, 2.24) is 24.6 Å². The molecular weight excluding hydrogens is 270 g/mol. The maximum absolute atomic E-state index is 11.5. The second kappa shape index (κ2) is 4.34. The van der Waals surface area contributed by atoms with E-state index in [1.807, 2.05) is 6.07 Å². The minimum absolute atomic E-state index is 0.0417. The molecule has 0 unspecified atom stereocenters. The maximum Gasteiger partial charge on any atom is 0.354 e. The van der Waals surface area contributed by atoms with Crippen molar-refractivity contribution in [2.45, 2.75) is 18.8 Å². The summed E-state index contributed by atoms with van der Waals surface area (Å²) < 4.78 is 1.29. The summed E-state index contributed by atoms with van der Waals surface area (Å²) in [6.45, 7) is 0. The molecule has 0 saturated heterocycles. The number of rotatable bonds is 3. The number of aromatic carboxylic acids is 1. The zero-order valence-corrected chi connectivity index (χ0v) is 11.0. The molecule has 1 saturated carbocycles. The number of pyridine rings is 1. The second-order valence-corrected chi connectivity index (χ2v) is 5.00. The highest BCUT2D eigenvalue weighted by molar-refractivity contribution is 5.87. The van der Waals surface area contributed by atoms with Crippen LogP contribution in [0, 0.1) is 0 Å². The predicted octanol–water partition coefficient (Wildman–Crippen LogP) is 1.76. The number of fused-ring (bicyclic) bond motifs is 1. The van der Waals surface area contributed by atoms with Gasteiger partial charge in [-0.25, -0.2) is 9.78 Å². The van der Waals surface area contributed by atoms with Crippen molar-refractivity contribution >= 4 is 11.7 Å². The lowest BCUT2D eigenvalue weighted by Crippen LogP contribution is -2.08. The Labute approximate surface area is 119 Å². The van der Waals surface area contributed by atoms with Crippen molar-refractivity contribution in [3.8, 4) is 11.4 Å². The van der Waals surface area contributed by atoms with E-state index in [1.165, 1.54) is 10.6 Å². The molecule has 0 aromatic carbocycles. The summed E-state index contributed by atoms with van der Waals surface area (Å²) in [6, 6.07) is 6.88. The Morgan fingerprint density at radius 1 is 1.24 bits per heavy atom. The van der Waals surface area contributed by atoms with Crippen LogP contribution in [0.25, 0.3) is 17.2 Å². The van der Waals surface area contributed by atoms with Crippen LogP contribution in [0.1, 0.15) is 35.1 Å². The maximum atomic E-state index is 11.5. The molecule has 4 rings (SSSR count). The Balaban J connectivity index is 1.95. The Morgan fingerprint density at radius 2 is 2.10 bits per heavy atom. The summed E-state index contributed by atoms with van der Waals surface area (Å²) in [7, 11) is 0. The molecule has 3 heterocycles. The smallest absolute Gasteiger partial charge is 0.354 e. The number of carboxylic acid groups (broad SMARTS) is 1. The summed E-state index contributed by atoms with van der Waals surface area (Å²) in [5.74, 6) is 0.249. The van der Waals surface area contributed by atoms with Crippen molar-refractivity contribution in [3.05, 3.63) is 42.0 Å². The number of nitrogens with zero attached hydrogens (tertiary/aromatic N) is 5. The SMILES string of the molecule is O=C(O)c1cc(-c2ccccn2)nc2nc(C3CC3)nn12. The van der Waals surface area contributed by atoms with Gasteiger partial charge in [-0.3, -0.25) is 4.98 Å². The first-order chi connectivity index (χ1) is 10.2. The van der Waals surface area contributed by atoms with Crippen LogP contribution in [-0.2, 0) is 0 Å². The highest BCUT2D eigenvalue weighted by Crippen LogP contribution is 2.38. The van der Waals surface area contributed by atoms with Gasteiger partial charge in [0, 0.05) is 12.1 Å². The van der Waals surface area contributed by atoms with Gasteiger partial charge in [-0.2, -0.15) is 9.50 Å². The fraction of sp³-hybridized carbons (Fsp3) is 0.214. The van der Waals surface area contributed by atoms with Crippen LogP contribution in [0.2, 0.25) is 0 Å². The Hall–Kier alpha value is -2.83. The third kappa shape index (κ3) is 2.03. The summed E-state index contributed by atoms with van der Waals surface area (Å²) in [5, 5.41) is 13.7. The molecule has 0 spiro atoms. The van der Waals surface area contributed by atoms with Gasteiger partial charge in [0.2, 0.25) is 0 Å². The lowest BCUT2D eigenvalue weighted by atomic mass is 10.2. The van der Waals surface area contributed by atoms with Crippen LogP contribution in [0.5, 0.6) is 0 Å². The first-order valence-electron chi connectivity index (χ1n) is 6.65. The van der Waals surface area contributed by atoms with Crippen LogP contribution >= 0.6 is 0 Å². The van der Waals surface area contributed by atoms with Crippen molar-refractivity contribution in [3.63, 3.8) is 0 Å². The van der Waals surface area contributed by atoms with Gasteiger partial charge in [-0.15, -0.1) is 5.10 Å². The van der Waals surface area contributed by atoms with Crippen molar-refractivity contribution < 1.29 is 9.90 Å². The lowest BCUT2D eigenvalue weighted by Gasteiger charge is -2.03. The van der Waals surface area contributed by atoms with Crippen molar-refractivity contribution in [2.24, 2.45) is 0 Å². The number of carbonyl (C=O) groups is 1. The van der Waals surface area contributed by atoms with E-state index in [1.54, 1.807) is 18.3 Å². The average Bonchev–Trinajstić information content (AvgIpc) is 3.26. The zero-order chi connectivity index (χ0) is 14.4. The fourth-order valence-corrected chi connectivity index (χ4v) is 2.20. The molecule has 7 nitrogen and oxygen atoms in total. The van der Waals surface area contributed by atoms with E-state index in [2.05, 4.69) is 20.1 Å². The molecule has 0 amide bonds. The highest BCUT2D eigenvalue weighted by atomic mass is 16.4. The predicted molar refractivity (Wildman–Crippen MR) is 72.9 cm³/mol. The van der Waals surface area contributed by atoms with E-state index >= 15 is 0 Å². The quantitative estimate of drug-likeness (QED) is 0.786. The van der Waals surface area contributed by atoms with Crippen molar-refractivity contribution in [1.29, 1.82) is 0 Å². The molecule has 1 N–H and O–H groups in total. The van der Waals surface area contributed by atoms with Crippen LogP contribution in [0.4, 0.5) is 0 Å². The first kappa shape index (κ1) is 12.0. The van der Waals surface area contributed by atoms with Gasteiger partial charge in [-0.05, 0) is 31.0 Å². The highest BCUT2D eigenvalue weighted by Gasteiger charge is 2.29.